The van der Waals surface area contributed by atoms with E-state index in [1.807, 2.05) is 23.0 Å². The second-order valence-electron chi connectivity index (χ2n) is 20.7. The van der Waals surface area contributed by atoms with Gasteiger partial charge < -0.3 is 59.8 Å². The van der Waals surface area contributed by atoms with Gasteiger partial charge in [0.05, 0.1) is 48.5 Å². The minimum absolute atomic E-state index is 0.0952. The number of nitrogens with zero attached hydrogens (tertiary/aromatic N) is 18. The number of anilines is 4. The van der Waals surface area contributed by atoms with E-state index in [0.29, 0.717) is 70.8 Å². The zero-order valence-electron chi connectivity index (χ0n) is 41.0. The van der Waals surface area contributed by atoms with E-state index in [4.69, 9.17) is 29.9 Å². The molecule has 3 saturated carbocycles. The minimum atomic E-state index is -1.08. The van der Waals surface area contributed by atoms with Gasteiger partial charge in [0.15, 0.2) is 34.0 Å². The van der Waals surface area contributed by atoms with Gasteiger partial charge in [0, 0.05) is 50.3 Å². The molecule has 0 amide bonds. The van der Waals surface area contributed by atoms with Gasteiger partial charge in [-0.25, -0.2) is 9.97 Å². The fourth-order valence-electron chi connectivity index (χ4n) is 11.5. The van der Waals surface area contributed by atoms with Crippen LogP contribution in [-0.4, -0.2) is 202 Å². The summed E-state index contributed by atoms with van der Waals surface area (Å²) in [7, 11) is 8.41. The number of imidazole rings is 2. The molecule has 0 spiro atoms. The molecule has 5 aliphatic rings. The Hall–Kier alpha value is -5.66. The van der Waals surface area contributed by atoms with Crippen LogP contribution in [0, 0.1) is 0 Å². The predicted octanol–water partition coefficient (Wildman–Crippen LogP) is 1.21. The van der Waals surface area contributed by atoms with E-state index in [1.165, 1.54) is 9.59 Å². The lowest BCUT2D eigenvalue weighted by Crippen LogP contribution is -2.34. The van der Waals surface area contributed by atoms with Crippen molar-refractivity contribution in [2.45, 2.75) is 151 Å². The summed E-state index contributed by atoms with van der Waals surface area (Å²) in [4.78, 5) is 42.3. The van der Waals surface area contributed by atoms with E-state index >= 15 is 0 Å². The normalized spacial score (nSPS) is 30.6. The zero-order valence-corrected chi connectivity index (χ0v) is 41.0. The molecule has 0 bridgehead atoms. The number of hydrogen-bond donors (Lipinski definition) is 6. The van der Waals surface area contributed by atoms with Crippen LogP contribution in [0.25, 0.3) is 22.3 Å². The summed E-state index contributed by atoms with van der Waals surface area (Å²) < 4.78 is 3.80. The molecule has 0 aromatic carbocycles. The van der Waals surface area contributed by atoms with Crippen LogP contribution in [0.1, 0.15) is 101 Å². The maximum Gasteiger partial charge on any atom is 0.229 e. The monoisotopic (exact) mass is 965 g/mol. The summed E-state index contributed by atoms with van der Waals surface area (Å²) in [5, 5.41) is 71.2. The summed E-state index contributed by atoms with van der Waals surface area (Å²) in [5.74, 6) is 2.52. The van der Waals surface area contributed by atoms with Crippen LogP contribution < -0.4 is 20.4 Å². The molecule has 24 nitrogen and oxygen atoms in total. The Morgan fingerprint density at radius 3 is 1.31 bits per heavy atom. The fraction of sp³-hybridized carbons (Fsp3) is 0.696. The van der Waals surface area contributed by atoms with E-state index in [9.17, 15) is 20.4 Å². The second-order valence-corrected chi connectivity index (χ2v) is 20.7. The highest BCUT2D eigenvalue weighted by atomic mass is 16.3. The molecule has 5 fully saturated rings. The maximum absolute atomic E-state index is 11.5. The van der Waals surface area contributed by atoms with Crippen molar-refractivity contribution >= 4 is 45.9 Å². The predicted molar refractivity (Wildman–Crippen MR) is 261 cm³/mol. The molecule has 11 rings (SSSR count). The molecule has 2 unspecified atom stereocenters. The Balaban J connectivity index is 0.843. The topological polar surface area (TPSA) is 267 Å². The van der Waals surface area contributed by atoms with Crippen LogP contribution >= 0.6 is 0 Å². The van der Waals surface area contributed by atoms with E-state index in [0.717, 1.165) is 88.9 Å². The Kier molecular flexibility index (Phi) is 12.6. The van der Waals surface area contributed by atoms with Crippen LogP contribution in [0.4, 0.5) is 23.5 Å². The minimum Gasteiger partial charge on any atom is -0.388 e. The summed E-state index contributed by atoms with van der Waals surface area (Å²) in [6.45, 7) is 7.22. The van der Waals surface area contributed by atoms with Crippen molar-refractivity contribution in [1.29, 1.82) is 0 Å². The molecule has 2 aliphatic heterocycles. The summed E-state index contributed by atoms with van der Waals surface area (Å²) in [6, 6.07) is -1.10. The number of nitrogens with one attached hydrogen (secondary N) is 2. The molecule has 70 heavy (non-hydrogen) atoms. The largest absolute Gasteiger partial charge is 0.388 e. The number of hydrogen-bond acceptors (Lipinski definition) is 20. The second kappa shape index (κ2) is 18.8. The van der Waals surface area contributed by atoms with Crippen molar-refractivity contribution in [2.24, 2.45) is 0 Å². The standard InChI is InChI=1S/C46H68N20O4/c1-7-25-19-49-65(57-25)33-17-31(37(67)39(33)69)63-23-47-35-41(53-45(55-43(35)63)61-15-13-29(21-61)59(3)4)51-27-9-11-28(12-10-27)52-42-36-44(56-46(54-42)62-16-14-30(22-62)60(5)6)64(24-48-36)32-18-34(40(70)38(32)68)66-50-20-26(8-2)58-66/h19-20,23-24,27-34,37-40,67-70H,7-18,21-22H2,1-6H3,(H,51,53,55)(H,52,54,56)/t27-,28+,29?,30?,31-,32-,33+,34+,37+,38+,39-,40-/m1/s1. The van der Waals surface area contributed by atoms with Crippen molar-refractivity contribution in [3.8, 4) is 0 Å². The van der Waals surface area contributed by atoms with Gasteiger partial charge in [0.1, 0.15) is 36.5 Å². The number of aromatic nitrogens is 14. The number of rotatable bonds is 14. The van der Waals surface area contributed by atoms with Crippen LogP contribution in [0.3, 0.4) is 0 Å². The van der Waals surface area contributed by atoms with E-state index in [2.05, 4.69) is 78.8 Å². The molecule has 2 saturated heterocycles. The number of likely N-dealkylation sites (N-methyl/N-ethyl adjacent to an activating group) is 2. The number of aliphatic hydroxyl groups is 4. The Morgan fingerprint density at radius 2 is 0.957 bits per heavy atom. The molecule has 6 aromatic heterocycles. The molecule has 6 N–H and O–H groups in total. The first kappa shape index (κ1) is 46.7. The third kappa shape index (κ3) is 8.48. The van der Waals surface area contributed by atoms with E-state index in [1.54, 1.807) is 25.0 Å². The van der Waals surface area contributed by atoms with Crippen molar-refractivity contribution < 1.29 is 20.4 Å². The highest BCUT2D eigenvalue weighted by molar-refractivity contribution is 5.86. The van der Waals surface area contributed by atoms with Crippen LogP contribution in [0.2, 0.25) is 0 Å². The SMILES string of the molecule is CCc1cnn([C@H]2C[C@@H](n3cnc4c(N[C@H]5CC[C@@H](Nc6nc(N7CCC(N(C)C)C7)nc7c6ncn7[C@@H]6C[C@H](n7ncc(CC)n7)[C@@H](O)[C@H]6O)CC5)nc(N5CCC(N(C)C)C5)nc43)[C@H](O)[C@@H]2O)n1. The smallest absolute Gasteiger partial charge is 0.229 e. The van der Waals surface area contributed by atoms with Gasteiger partial charge in [-0.3, -0.25) is 0 Å². The lowest BCUT2D eigenvalue weighted by molar-refractivity contribution is 0.00497. The lowest BCUT2D eigenvalue weighted by atomic mass is 9.91. The average Bonchev–Trinajstić information content (AvgIpc) is 4.22. The van der Waals surface area contributed by atoms with Crippen molar-refractivity contribution in [2.75, 3.05) is 74.8 Å². The molecule has 10 atom stereocenters. The highest BCUT2D eigenvalue weighted by Crippen LogP contribution is 2.42. The van der Waals surface area contributed by atoms with Gasteiger partial charge in [0.2, 0.25) is 11.9 Å². The van der Waals surface area contributed by atoms with Gasteiger partial charge in [-0.05, 0) is 92.4 Å². The zero-order chi connectivity index (χ0) is 48.5. The Labute approximate surface area is 406 Å². The first-order chi connectivity index (χ1) is 33.8. The van der Waals surface area contributed by atoms with Crippen LogP contribution in [0.5, 0.6) is 0 Å². The molecule has 24 heteroatoms. The summed E-state index contributed by atoms with van der Waals surface area (Å²) in [5.41, 5.74) is 4.10. The molecule has 3 aliphatic carbocycles. The summed E-state index contributed by atoms with van der Waals surface area (Å²) in [6.07, 6.45) is 10.2. The number of aliphatic hydroxyl groups excluding tert-OH is 4. The third-order valence-corrected chi connectivity index (χ3v) is 16.0. The molecule has 6 aromatic rings. The highest BCUT2D eigenvalue weighted by Gasteiger charge is 2.47. The molecule has 8 heterocycles. The van der Waals surface area contributed by atoms with Crippen molar-refractivity contribution in [3.63, 3.8) is 0 Å². The maximum atomic E-state index is 11.5. The van der Waals surface area contributed by atoms with Crippen LogP contribution in [-0.2, 0) is 12.8 Å². The van der Waals surface area contributed by atoms with Crippen molar-refractivity contribution in [1.82, 2.24) is 78.8 Å². The molecule has 0 radical (unpaired) electrons. The molecular formula is C46H68N20O4. The van der Waals surface area contributed by atoms with Crippen molar-refractivity contribution in [3.05, 3.63) is 36.4 Å². The van der Waals surface area contributed by atoms with Gasteiger partial charge in [0.25, 0.3) is 0 Å². The number of aryl methyl sites for hydroxylation is 2. The Morgan fingerprint density at radius 1 is 0.557 bits per heavy atom. The molecule has 376 valence electrons. The first-order valence-corrected chi connectivity index (χ1v) is 25.2. The van der Waals surface area contributed by atoms with Gasteiger partial charge in [-0.1, -0.05) is 13.8 Å². The summed E-state index contributed by atoms with van der Waals surface area (Å²) >= 11 is 0. The van der Waals surface area contributed by atoms with Gasteiger partial charge in [-0.15, -0.1) is 0 Å². The average molecular weight is 965 g/mol. The quantitative estimate of drug-likeness (QED) is 0.0896. The lowest BCUT2D eigenvalue weighted by Gasteiger charge is -2.31. The van der Waals surface area contributed by atoms with Gasteiger partial charge >= 0.3 is 0 Å². The van der Waals surface area contributed by atoms with E-state index < -0.39 is 48.6 Å². The fourth-order valence-corrected chi connectivity index (χ4v) is 11.5. The van der Waals surface area contributed by atoms with Gasteiger partial charge in [-0.2, -0.15) is 49.9 Å². The molecular weight excluding hydrogens is 897 g/mol. The van der Waals surface area contributed by atoms with E-state index in [-0.39, 0.29) is 12.1 Å². The first-order valence-electron chi connectivity index (χ1n) is 25.2. The number of fused-ring (bicyclic) bond motifs is 2. The third-order valence-electron chi connectivity index (χ3n) is 16.0. The van der Waals surface area contributed by atoms with Crippen LogP contribution in [0.15, 0.2) is 25.0 Å². The Bertz CT molecular complexity index is 2590.